The molecule has 0 radical (unpaired) electrons. The summed E-state index contributed by atoms with van der Waals surface area (Å²) in [6.07, 6.45) is 4.93. The van der Waals surface area contributed by atoms with E-state index in [1.165, 1.54) is 12.4 Å². The highest BCUT2D eigenvalue weighted by Crippen LogP contribution is 2.44. The Morgan fingerprint density at radius 2 is 2.10 bits per heavy atom. The van der Waals surface area contributed by atoms with Gasteiger partial charge < -0.3 is 15.8 Å². The zero-order chi connectivity index (χ0) is 21.1. The molecular weight excluding hydrogens is 395 g/mol. The number of ether oxygens (including phenoxy) is 1. The van der Waals surface area contributed by atoms with Crippen molar-refractivity contribution in [1.82, 2.24) is 15.0 Å². The quantitative estimate of drug-likeness (QED) is 0.741. The first-order valence-corrected chi connectivity index (χ1v) is 9.85. The second kappa shape index (κ2) is 8.32. The van der Waals surface area contributed by atoms with Crippen LogP contribution in [-0.2, 0) is 5.54 Å². The van der Waals surface area contributed by atoms with Crippen molar-refractivity contribution in [3.05, 3.63) is 42.1 Å². The van der Waals surface area contributed by atoms with Gasteiger partial charge in [0.2, 0.25) is 5.88 Å². The summed E-state index contributed by atoms with van der Waals surface area (Å²) in [5.41, 5.74) is 6.83. The molecule has 8 nitrogen and oxygen atoms in total. The highest BCUT2D eigenvalue weighted by atomic mass is 32.2. The molecule has 1 aliphatic rings. The number of nitrogens with one attached hydrogen (secondary N) is 1. The zero-order valence-corrected chi connectivity index (χ0v) is 17.3. The molecule has 3 N–H and O–H groups in total. The number of thioether (sulfide) groups is 1. The minimum Gasteiger partial charge on any atom is -0.474 e. The fourth-order valence-electron chi connectivity index (χ4n) is 3.25. The van der Waals surface area contributed by atoms with E-state index < -0.39 is 18.1 Å². The van der Waals surface area contributed by atoms with Crippen LogP contribution in [0.1, 0.15) is 43.4 Å². The minimum atomic E-state index is -0.626. The summed E-state index contributed by atoms with van der Waals surface area (Å²) in [7, 11) is 0. The van der Waals surface area contributed by atoms with Crippen LogP contribution in [0, 0.1) is 0 Å². The third-order valence-corrected chi connectivity index (χ3v) is 5.26. The number of nitrogens with zero attached hydrogens (tertiary/aromatic N) is 4. The number of halogens is 1. The lowest BCUT2D eigenvalue weighted by Gasteiger charge is -2.38. The number of amides is 1. The van der Waals surface area contributed by atoms with E-state index in [2.05, 4.69) is 39.1 Å². The summed E-state index contributed by atoms with van der Waals surface area (Å²) < 4.78 is 17.1. The first-order chi connectivity index (χ1) is 13.7. The largest absolute Gasteiger partial charge is 0.474 e. The van der Waals surface area contributed by atoms with Gasteiger partial charge in [-0.15, -0.1) is 0 Å². The number of carbonyl (C=O) groups is 1. The van der Waals surface area contributed by atoms with Gasteiger partial charge in [-0.1, -0.05) is 25.6 Å². The fraction of sp³-hybridized carbons (Fsp3) is 0.421. The summed E-state index contributed by atoms with van der Waals surface area (Å²) in [5, 5.41) is 3.30. The second-order valence-corrected chi connectivity index (χ2v) is 9.15. The SMILES string of the molecule is CC1(C)C[C@@](C)(c2cc(NC(=O)c3cnc(OCCF)cn3)ccn2)N=C(N)S1. The molecule has 0 bridgehead atoms. The van der Waals surface area contributed by atoms with Crippen LogP contribution in [0.4, 0.5) is 10.1 Å². The number of aliphatic imine (C=N–C) groups is 1. The van der Waals surface area contributed by atoms with E-state index in [9.17, 15) is 9.18 Å². The fourth-order valence-corrected chi connectivity index (χ4v) is 4.42. The molecule has 0 fully saturated rings. The first-order valence-electron chi connectivity index (χ1n) is 9.04. The van der Waals surface area contributed by atoms with Crippen molar-refractivity contribution in [2.45, 2.75) is 37.5 Å². The van der Waals surface area contributed by atoms with E-state index in [1.807, 2.05) is 6.92 Å². The minimum absolute atomic E-state index is 0.0803. The molecule has 1 aliphatic heterocycles. The molecule has 29 heavy (non-hydrogen) atoms. The van der Waals surface area contributed by atoms with Crippen LogP contribution >= 0.6 is 11.8 Å². The Balaban J connectivity index is 1.76. The second-order valence-electron chi connectivity index (χ2n) is 7.42. The van der Waals surface area contributed by atoms with Crippen LogP contribution in [0.5, 0.6) is 5.88 Å². The van der Waals surface area contributed by atoms with Crippen molar-refractivity contribution in [2.75, 3.05) is 18.6 Å². The lowest BCUT2D eigenvalue weighted by Crippen LogP contribution is -2.38. The molecule has 0 aliphatic carbocycles. The van der Waals surface area contributed by atoms with E-state index in [-0.39, 0.29) is 22.9 Å². The van der Waals surface area contributed by atoms with Crippen LogP contribution in [0.2, 0.25) is 0 Å². The van der Waals surface area contributed by atoms with Gasteiger partial charge in [0.15, 0.2) is 5.17 Å². The molecule has 10 heteroatoms. The number of amidine groups is 1. The molecule has 0 saturated carbocycles. The summed E-state index contributed by atoms with van der Waals surface area (Å²) in [4.78, 5) is 29.5. The number of aromatic nitrogens is 3. The topological polar surface area (TPSA) is 115 Å². The van der Waals surface area contributed by atoms with Gasteiger partial charge in [0, 0.05) is 16.6 Å². The predicted octanol–water partition coefficient (Wildman–Crippen LogP) is 2.92. The van der Waals surface area contributed by atoms with Gasteiger partial charge in [-0.2, -0.15) is 0 Å². The Bertz CT molecular complexity index is 921. The van der Waals surface area contributed by atoms with Gasteiger partial charge in [-0.05, 0) is 25.5 Å². The molecule has 0 spiro atoms. The van der Waals surface area contributed by atoms with Crippen LogP contribution in [0.3, 0.4) is 0 Å². The number of nitrogens with two attached hydrogens (primary N) is 1. The lowest BCUT2D eigenvalue weighted by atomic mass is 9.87. The highest BCUT2D eigenvalue weighted by Gasteiger charge is 2.40. The highest BCUT2D eigenvalue weighted by molar-refractivity contribution is 8.15. The summed E-state index contributed by atoms with van der Waals surface area (Å²) in [6, 6.07) is 3.47. The predicted molar refractivity (Wildman–Crippen MR) is 111 cm³/mol. The Kier molecular flexibility index (Phi) is 6.02. The van der Waals surface area contributed by atoms with Crippen LogP contribution in [0.15, 0.2) is 35.7 Å². The number of hydrogen-bond acceptors (Lipinski definition) is 8. The van der Waals surface area contributed by atoms with Crippen molar-refractivity contribution >= 4 is 28.5 Å². The first kappa shape index (κ1) is 21.0. The molecule has 0 unspecified atom stereocenters. The van der Waals surface area contributed by atoms with Gasteiger partial charge in [-0.3, -0.25) is 9.78 Å². The van der Waals surface area contributed by atoms with E-state index >= 15 is 0 Å². The van der Waals surface area contributed by atoms with E-state index in [0.29, 0.717) is 16.5 Å². The Morgan fingerprint density at radius 1 is 1.31 bits per heavy atom. The number of pyridine rings is 1. The Labute approximate surface area is 172 Å². The zero-order valence-electron chi connectivity index (χ0n) is 16.5. The molecule has 3 heterocycles. The maximum absolute atomic E-state index is 12.5. The van der Waals surface area contributed by atoms with Gasteiger partial charge in [0.25, 0.3) is 5.91 Å². The van der Waals surface area contributed by atoms with E-state index in [1.54, 1.807) is 30.1 Å². The molecule has 154 valence electrons. The normalized spacial score (nSPS) is 20.6. The van der Waals surface area contributed by atoms with Crippen LogP contribution in [0.25, 0.3) is 0 Å². The monoisotopic (exact) mass is 418 g/mol. The average molecular weight is 418 g/mol. The molecule has 1 amide bonds. The van der Waals surface area contributed by atoms with Crippen molar-refractivity contribution in [3.8, 4) is 5.88 Å². The number of carbonyl (C=O) groups excluding carboxylic acids is 1. The maximum atomic E-state index is 12.5. The van der Waals surface area contributed by atoms with Gasteiger partial charge in [-0.25, -0.2) is 19.4 Å². The molecule has 3 rings (SSSR count). The number of anilines is 1. The van der Waals surface area contributed by atoms with Crippen molar-refractivity contribution in [2.24, 2.45) is 10.7 Å². The average Bonchev–Trinajstić information content (AvgIpc) is 2.65. The summed E-state index contributed by atoms with van der Waals surface area (Å²) in [6.45, 7) is 5.47. The standard InChI is InChI=1S/C19H23FN6O2S/c1-18(2)11-19(3,26-17(21)29-18)14-8-12(4-6-22-14)25-16(27)13-9-24-15(10-23-13)28-7-5-20/h4,6,8-10H,5,7,11H2,1-3H3,(H2,21,26)(H,22,25,27)/t19-/m0/s1. The van der Waals surface area contributed by atoms with Crippen LogP contribution in [-0.4, -0.2) is 44.1 Å². The molecular formula is C19H23FN6O2S. The summed E-state index contributed by atoms with van der Waals surface area (Å²) in [5.74, 6) is -0.272. The van der Waals surface area contributed by atoms with Gasteiger partial charge in [0.05, 0.1) is 18.1 Å². The maximum Gasteiger partial charge on any atom is 0.275 e. The summed E-state index contributed by atoms with van der Waals surface area (Å²) >= 11 is 1.54. The number of hydrogen-bond donors (Lipinski definition) is 2. The van der Waals surface area contributed by atoms with Crippen molar-refractivity contribution in [3.63, 3.8) is 0 Å². The molecule has 0 saturated heterocycles. The smallest absolute Gasteiger partial charge is 0.275 e. The Hall–Kier alpha value is -2.75. The van der Waals surface area contributed by atoms with E-state index in [0.717, 1.165) is 6.42 Å². The molecule has 2 aromatic rings. The molecule has 0 aromatic carbocycles. The lowest BCUT2D eigenvalue weighted by molar-refractivity contribution is 0.102. The van der Waals surface area contributed by atoms with Crippen molar-refractivity contribution < 1.29 is 13.9 Å². The molecule has 2 aromatic heterocycles. The van der Waals surface area contributed by atoms with E-state index in [4.69, 9.17) is 10.5 Å². The van der Waals surface area contributed by atoms with Gasteiger partial charge >= 0.3 is 0 Å². The number of alkyl halides is 1. The van der Waals surface area contributed by atoms with Gasteiger partial charge in [0.1, 0.15) is 24.5 Å². The third kappa shape index (κ3) is 5.20. The molecule has 1 atom stereocenters. The Morgan fingerprint density at radius 3 is 2.76 bits per heavy atom. The third-order valence-electron chi connectivity index (χ3n) is 4.27. The number of rotatable bonds is 6. The van der Waals surface area contributed by atoms with Crippen LogP contribution < -0.4 is 15.8 Å². The van der Waals surface area contributed by atoms with Crippen molar-refractivity contribution in [1.29, 1.82) is 0 Å².